The summed E-state index contributed by atoms with van der Waals surface area (Å²) in [5.41, 5.74) is 2.60. The van der Waals surface area contributed by atoms with Gasteiger partial charge >= 0.3 is 0 Å². The lowest BCUT2D eigenvalue weighted by Crippen LogP contribution is -2.48. The average molecular weight is 581 g/mol. The molecule has 2 amide bonds. The van der Waals surface area contributed by atoms with Crippen LogP contribution in [0.1, 0.15) is 51.7 Å². The summed E-state index contributed by atoms with van der Waals surface area (Å²) in [6, 6.07) is 14.4. The summed E-state index contributed by atoms with van der Waals surface area (Å²) in [5.74, 6) is -0.110. The largest absolute Gasteiger partial charge is 0.354 e. The second-order valence-corrected chi connectivity index (χ2v) is 12.2. The molecule has 0 bridgehead atoms. The van der Waals surface area contributed by atoms with Gasteiger partial charge in [0.2, 0.25) is 21.8 Å². The molecular formula is C27H38BrN3O4S. The van der Waals surface area contributed by atoms with Gasteiger partial charge < -0.3 is 10.2 Å². The van der Waals surface area contributed by atoms with Gasteiger partial charge in [-0.1, -0.05) is 61.0 Å². The minimum Gasteiger partial charge on any atom is -0.354 e. The first kappa shape index (κ1) is 29.8. The molecule has 2 aromatic rings. The number of benzene rings is 2. The fourth-order valence-electron chi connectivity index (χ4n) is 3.77. The molecule has 198 valence electrons. The van der Waals surface area contributed by atoms with E-state index >= 15 is 0 Å². The normalized spacial score (nSPS) is 12.3. The molecule has 0 aliphatic heterocycles. The fraction of sp³-hybridized carbons (Fsp3) is 0.481. The van der Waals surface area contributed by atoms with Gasteiger partial charge in [-0.05, 0) is 61.1 Å². The van der Waals surface area contributed by atoms with Crippen molar-refractivity contribution in [1.29, 1.82) is 0 Å². The minimum atomic E-state index is -3.52. The first-order valence-corrected chi connectivity index (χ1v) is 14.9. The Labute approximate surface area is 224 Å². The van der Waals surface area contributed by atoms with Gasteiger partial charge in [0.1, 0.15) is 6.04 Å². The number of anilines is 1. The Bertz CT molecular complexity index is 1120. The van der Waals surface area contributed by atoms with E-state index in [-0.39, 0.29) is 31.3 Å². The molecule has 0 saturated heterocycles. The zero-order valence-electron chi connectivity index (χ0n) is 21.8. The van der Waals surface area contributed by atoms with Gasteiger partial charge in [-0.3, -0.25) is 13.9 Å². The number of aryl methyl sites for hydroxylation is 1. The molecular weight excluding hydrogens is 542 g/mol. The summed E-state index contributed by atoms with van der Waals surface area (Å²) in [6.07, 6.45) is 2.49. The molecule has 0 unspecified atom stereocenters. The zero-order chi connectivity index (χ0) is 26.9. The number of nitrogens with zero attached hydrogens (tertiary/aromatic N) is 2. The number of nitrogens with one attached hydrogen (secondary N) is 1. The second-order valence-electron chi connectivity index (χ2n) is 9.43. The van der Waals surface area contributed by atoms with Crippen LogP contribution < -0.4 is 9.62 Å². The van der Waals surface area contributed by atoms with E-state index in [1.807, 2.05) is 57.2 Å². The highest BCUT2D eigenvalue weighted by molar-refractivity contribution is 9.10. The monoisotopic (exact) mass is 579 g/mol. The SMILES string of the molecule is CCc1ccc(N(CCCC(=O)N(Cc2cccc(Br)c2)[C@@H](C)C(=O)NCC(C)C)S(C)(=O)=O)cc1. The number of halogens is 1. The summed E-state index contributed by atoms with van der Waals surface area (Å²) in [6.45, 7) is 8.78. The number of hydrogen-bond acceptors (Lipinski definition) is 4. The maximum Gasteiger partial charge on any atom is 0.242 e. The van der Waals surface area contributed by atoms with Gasteiger partial charge in [-0.25, -0.2) is 8.42 Å². The number of carbonyl (C=O) groups excluding carboxylic acids is 2. The van der Waals surface area contributed by atoms with Crippen molar-refractivity contribution in [3.8, 4) is 0 Å². The lowest BCUT2D eigenvalue weighted by Gasteiger charge is -2.29. The highest BCUT2D eigenvalue weighted by Crippen LogP contribution is 2.21. The smallest absolute Gasteiger partial charge is 0.242 e. The van der Waals surface area contributed by atoms with Crippen molar-refractivity contribution in [3.63, 3.8) is 0 Å². The molecule has 0 radical (unpaired) electrons. The standard InChI is InChI=1S/C27H38BrN3O4S/c1-6-22-12-14-25(15-13-22)31(36(5,34)35)16-8-11-26(32)30(19-23-9-7-10-24(28)17-23)21(4)27(33)29-18-20(2)3/h7,9-10,12-15,17,20-21H,6,8,11,16,18-19H2,1-5H3,(H,29,33)/t21-/m0/s1. The number of carbonyl (C=O) groups is 2. The van der Waals surface area contributed by atoms with Crippen LogP contribution in [0.4, 0.5) is 5.69 Å². The zero-order valence-corrected chi connectivity index (χ0v) is 24.2. The van der Waals surface area contributed by atoms with Crippen LogP contribution in [0.5, 0.6) is 0 Å². The van der Waals surface area contributed by atoms with Crippen LogP contribution in [-0.4, -0.2) is 50.5 Å². The fourth-order valence-corrected chi connectivity index (χ4v) is 5.18. The summed E-state index contributed by atoms with van der Waals surface area (Å²) in [7, 11) is -3.52. The summed E-state index contributed by atoms with van der Waals surface area (Å²) in [4.78, 5) is 27.7. The molecule has 2 rings (SSSR count). The van der Waals surface area contributed by atoms with Gasteiger partial charge in [0.25, 0.3) is 0 Å². The predicted molar refractivity (Wildman–Crippen MR) is 149 cm³/mol. The topological polar surface area (TPSA) is 86.8 Å². The molecule has 36 heavy (non-hydrogen) atoms. The third-order valence-electron chi connectivity index (χ3n) is 5.88. The highest BCUT2D eigenvalue weighted by Gasteiger charge is 2.26. The summed E-state index contributed by atoms with van der Waals surface area (Å²) >= 11 is 3.46. The first-order chi connectivity index (χ1) is 16.9. The molecule has 0 aliphatic rings. The Hall–Kier alpha value is -2.39. The molecule has 0 spiro atoms. The maximum atomic E-state index is 13.3. The molecule has 0 saturated carbocycles. The maximum absolute atomic E-state index is 13.3. The Morgan fingerprint density at radius 3 is 2.25 bits per heavy atom. The van der Waals surface area contributed by atoms with E-state index in [9.17, 15) is 18.0 Å². The van der Waals surface area contributed by atoms with Crippen molar-refractivity contribution in [2.75, 3.05) is 23.7 Å². The number of rotatable bonds is 13. The van der Waals surface area contributed by atoms with Crippen LogP contribution in [0.25, 0.3) is 0 Å². The molecule has 0 aromatic heterocycles. The van der Waals surface area contributed by atoms with Crippen molar-refractivity contribution >= 4 is 43.5 Å². The number of sulfonamides is 1. The van der Waals surface area contributed by atoms with Gasteiger partial charge in [0.15, 0.2) is 0 Å². The summed E-state index contributed by atoms with van der Waals surface area (Å²) in [5, 5.41) is 2.91. The van der Waals surface area contributed by atoms with E-state index in [1.165, 1.54) is 10.6 Å². The van der Waals surface area contributed by atoms with E-state index in [2.05, 4.69) is 21.2 Å². The van der Waals surface area contributed by atoms with Crippen molar-refractivity contribution in [1.82, 2.24) is 10.2 Å². The summed E-state index contributed by atoms with van der Waals surface area (Å²) < 4.78 is 27.2. The minimum absolute atomic E-state index is 0.120. The van der Waals surface area contributed by atoms with E-state index in [0.29, 0.717) is 24.6 Å². The quantitative estimate of drug-likeness (QED) is 0.371. The lowest BCUT2D eigenvalue weighted by molar-refractivity contribution is -0.140. The van der Waals surface area contributed by atoms with Crippen LogP contribution >= 0.6 is 15.9 Å². The predicted octanol–water partition coefficient (Wildman–Crippen LogP) is 4.75. The Kier molecular flexibility index (Phi) is 11.4. The second kappa shape index (κ2) is 13.8. The third kappa shape index (κ3) is 9.24. The lowest BCUT2D eigenvalue weighted by atomic mass is 10.1. The molecule has 0 fully saturated rings. The van der Waals surface area contributed by atoms with Crippen LogP contribution in [0.3, 0.4) is 0 Å². The van der Waals surface area contributed by atoms with Gasteiger partial charge in [-0.15, -0.1) is 0 Å². The van der Waals surface area contributed by atoms with E-state index in [0.717, 1.165) is 22.0 Å². The molecule has 1 atom stereocenters. The van der Waals surface area contributed by atoms with Gasteiger partial charge in [0, 0.05) is 30.5 Å². The van der Waals surface area contributed by atoms with E-state index in [4.69, 9.17) is 0 Å². The van der Waals surface area contributed by atoms with E-state index < -0.39 is 16.1 Å². The first-order valence-electron chi connectivity index (χ1n) is 12.3. The van der Waals surface area contributed by atoms with Crippen molar-refractivity contribution in [2.24, 2.45) is 5.92 Å². The third-order valence-corrected chi connectivity index (χ3v) is 7.57. The Balaban J connectivity index is 2.15. The van der Waals surface area contributed by atoms with Crippen LogP contribution in [0.2, 0.25) is 0 Å². The molecule has 0 heterocycles. The van der Waals surface area contributed by atoms with Crippen molar-refractivity contribution < 1.29 is 18.0 Å². The Morgan fingerprint density at radius 2 is 1.69 bits per heavy atom. The van der Waals surface area contributed by atoms with Crippen LogP contribution in [-0.2, 0) is 32.6 Å². The molecule has 1 N–H and O–H groups in total. The molecule has 0 aliphatic carbocycles. The molecule has 2 aromatic carbocycles. The van der Waals surface area contributed by atoms with Gasteiger partial charge in [-0.2, -0.15) is 0 Å². The van der Waals surface area contributed by atoms with E-state index in [1.54, 1.807) is 24.0 Å². The van der Waals surface area contributed by atoms with Crippen LogP contribution in [0, 0.1) is 5.92 Å². The van der Waals surface area contributed by atoms with Gasteiger partial charge in [0.05, 0.1) is 11.9 Å². The number of amides is 2. The number of hydrogen-bond donors (Lipinski definition) is 1. The average Bonchev–Trinajstić information content (AvgIpc) is 2.82. The van der Waals surface area contributed by atoms with Crippen molar-refractivity contribution in [3.05, 3.63) is 64.1 Å². The molecule has 9 heteroatoms. The highest BCUT2D eigenvalue weighted by atomic mass is 79.9. The molecule has 7 nitrogen and oxygen atoms in total. The van der Waals surface area contributed by atoms with Crippen molar-refractivity contribution in [2.45, 2.75) is 59.5 Å². The Morgan fingerprint density at radius 1 is 1.03 bits per heavy atom. The van der Waals surface area contributed by atoms with Crippen LogP contribution in [0.15, 0.2) is 53.0 Å².